The Bertz CT molecular complexity index is 969. The molecule has 0 unspecified atom stereocenters. The molecular weight excluding hydrogens is 326 g/mol. The number of amides is 1. The zero-order chi connectivity index (χ0) is 17.4. The average Bonchev–Trinajstić information content (AvgIpc) is 3.08. The molecule has 0 aliphatic carbocycles. The molecule has 0 fully saturated rings. The van der Waals surface area contributed by atoms with Crippen molar-refractivity contribution in [2.24, 2.45) is 0 Å². The predicted molar refractivity (Wildman–Crippen MR) is 92.3 cm³/mol. The van der Waals surface area contributed by atoms with Crippen molar-refractivity contribution in [1.82, 2.24) is 24.5 Å². The van der Waals surface area contributed by atoms with Crippen LogP contribution in [0.2, 0.25) is 0 Å². The summed E-state index contributed by atoms with van der Waals surface area (Å²) >= 11 is 1.57. The number of aromatic amines is 1. The monoisotopic (exact) mass is 345 g/mol. The molecule has 0 atom stereocenters. The molecule has 3 heterocycles. The van der Waals surface area contributed by atoms with Crippen LogP contribution in [0.15, 0.2) is 16.2 Å². The van der Waals surface area contributed by atoms with Gasteiger partial charge in [0.1, 0.15) is 0 Å². The Kier molecular flexibility index (Phi) is 4.23. The standard InChI is InChI=1S/C16H19N5O2S/c1-9-13(10(2)21-14(17-9)6-15(22)19-21)5-16(23)20(4)7-12-8-24-11(3)18-12/h6,8H,5,7H2,1-4H3,(H,19,22). The van der Waals surface area contributed by atoms with Crippen molar-refractivity contribution in [2.45, 2.75) is 33.7 Å². The van der Waals surface area contributed by atoms with Gasteiger partial charge in [0, 0.05) is 35.4 Å². The van der Waals surface area contributed by atoms with Gasteiger partial charge in [-0.2, -0.15) is 0 Å². The summed E-state index contributed by atoms with van der Waals surface area (Å²) in [6, 6.07) is 1.45. The van der Waals surface area contributed by atoms with E-state index in [1.165, 1.54) is 6.07 Å². The van der Waals surface area contributed by atoms with Gasteiger partial charge in [0.25, 0.3) is 5.56 Å². The van der Waals surface area contributed by atoms with E-state index in [4.69, 9.17) is 0 Å². The molecule has 1 N–H and O–H groups in total. The Morgan fingerprint density at radius 1 is 1.33 bits per heavy atom. The van der Waals surface area contributed by atoms with E-state index in [9.17, 15) is 9.59 Å². The van der Waals surface area contributed by atoms with Crippen LogP contribution in [0.1, 0.15) is 27.7 Å². The fraction of sp³-hybridized carbons (Fsp3) is 0.375. The van der Waals surface area contributed by atoms with Crippen molar-refractivity contribution in [3.63, 3.8) is 0 Å². The quantitative estimate of drug-likeness (QED) is 0.779. The zero-order valence-electron chi connectivity index (χ0n) is 14.1. The van der Waals surface area contributed by atoms with Gasteiger partial charge in [-0.15, -0.1) is 11.3 Å². The number of thiazole rings is 1. The third kappa shape index (κ3) is 3.09. The van der Waals surface area contributed by atoms with Crippen LogP contribution in [-0.4, -0.2) is 37.4 Å². The molecule has 0 aliphatic heterocycles. The molecular formula is C16H19N5O2S. The number of rotatable bonds is 4. The van der Waals surface area contributed by atoms with E-state index in [-0.39, 0.29) is 17.9 Å². The molecule has 126 valence electrons. The lowest BCUT2D eigenvalue weighted by Crippen LogP contribution is -2.28. The molecule has 0 radical (unpaired) electrons. The molecule has 0 aliphatic rings. The number of hydrogen-bond acceptors (Lipinski definition) is 5. The lowest BCUT2D eigenvalue weighted by Gasteiger charge is -2.18. The lowest BCUT2D eigenvalue weighted by atomic mass is 10.1. The number of nitrogens with zero attached hydrogens (tertiary/aromatic N) is 4. The Morgan fingerprint density at radius 3 is 2.75 bits per heavy atom. The fourth-order valence-corrected chi connectivity index (χ4v) is 3.31. The zero-order valence-corrected chi connectivity index (χ0v) is 14.9. The highest BCUT2D eigenvalue weighted by molar-refractivity contribution is 7.09. The maximum atomic E-state index is 12.6. The number of hydrogen-bond donors (Lipinski definition) is 1. The van der Waals surface area contributed by atoms with E-state index < -0.39 is 0 Å². The Morgan fingerprint density at radius 2 is 2.08 bits per heavy atom. The highest BCUT2D eigenvalue weighted by Gasteiger charge is 2.17. The van der Waals surface area contributed by atoms with Gasteiger partial charge in [0.2, 0.25) is 5.91 Å². The first-order valence-electron chi connectivity index (χ1n) is 7.58. The van der Waals surface area contributed by atoms with E-state index in [0.29, 0.717) is 12.2 Å². The first-order chi connectivity index (χ1) is 11.3. The molecule has 0 bridgehead atoms. The van der Waals surface area contributed by atoms with E-state index in [0.717, 1.165) is 27.7 Å². The van der Waals surface area contributed by atoms with Crippen molar-refractivity contribution in [2.75, 3.05) is 7.05 Å². The van der Waals surface area contributed by atoms with Gasteiger partial charge >= 0.3 is 0 Å². The van der Waals surface area contributed by atoms with Crippen molar-refractivity contribution < 1.29 is 4.79 Å². The highest BCUT2D eigenvalue weighted by atomic mass is 32.1. The number of aromatic nitrogens is 4. The molecule has 3 aromatic heterocycles. The third-order valence-corrected chi connectivity index (χ3v) is 4.84. The van der Waals surface area contributed by atoms with Gasteiger partial charge in [-0.05, 0) is 20.8 Å². The van der Waals surface area contributed by atoms with Crippen LogP contribution in [0.4, 0.5) is 0 Å². The van der Waals surface area contributed by atoms with Gasteiger partial charge in [0.05, 0.1) is 23.7 Å². The first-order valence-corrected chi connectivity index (χ1v) is 8.46. The molecule has 3 rings (SSSR count). The van der Waals surface area contributed by atoms with Crippen LogP contribution in [0.5, 0.6) is 0 Å². The summed E-state index contributed by atoms with van der Waals surface area (Å²) in [5.74, 6) is -0.0116. The lowest BCUT2D eigenvalue weighted by molar-refractivity contribution is -0.129. The number of aryl methyl sites for hydroxylation is 3. The topological polar surface area (TPSA) is 83.4 Å². The fourth-order valence-electron chi connectivity index (χ4n) is 2.71. The maximum absolute atomic E-state index is 12.6. The van der Waals surface area contributed by atoms with E-state index >= 15 is 0 Å². The van der Waals surface area contributed by atoms with Crippen molar-refractivity contribution in [3.8, 4) is 0 Å². The Labute approximate surface area is 143 Å². The SMILES string of the molecule is Cc1nc(CN(C)C(=O)Cc2c(C)nc3cc(=O)[nH]n3c2C)cs1. The van der Waals surface area contributed by atoms with Gasteiger partial charge in [-0.1, -0.05) is 0 Å². The highest BCUT2D eigenvalue weighted by Crippen LogP contribution is 2.16. The number of likely N-dealkylation sites (N-methyl/N-ethyl adjacent to an activating group) is 1. The van der Waals surface area contributed by atoms with Gasteiger partial charge in [-0.3, -0.25) is 14.7 Å². The van der Waals surface area contributed by atoms with Crippen LogP contribution < -0.4 is 5.56 Å². The van der Waals surface area contributed by atoms with E-state index in [1.54, 1.807) is 27.8 Å². The van der Waals surface area contributed by atoms with Gasteiger partial charge < -0.3 is 4.90 Å². The Balaban J connectivity index is 1.83. The third-order valence-electron chi connectivity index (χ3n) is 4.02. The number of carbonyl (C=O) groups is 1. The normalized spacial score (nSPS) is 11.2. The summed E-state index contributed by atoms with van der Waals surface area (Å²) < 4.78 is 1.63. The molecule has 8 heteroatoms. The van der Waals surface area contributed by atoms with Crippen LogP contribution >= 0.6 is 11.3 Å². The maximum Gasteiger partial charge on any atom is 0.266 e. The predicted octanol–water partition coefficient (Wildman–Crippen LogP) is 1.61. The summed E-state index contributed by atoms with van der Waals surface area (Å²) in [5, 5.41) is 5.66. The van der Waals surface area contributed by atoms with Crippen molar-refractivity contribution >= 4 is 22.9 Å². The van der Waals surface area contributed by atoms with Gasteiger partial charge in [0.15, 0.2) is 5.65 Å². The van der Waals surface area contributed by atoms with E-state index in [2.05, 4.69) is 15.1 Å². The molecule has 1 amide bonds. The van der Waals surface area contributed by atoms with E-state index in [1.807, 2.05) is 26.2 Å². The minimum atomic E-state index is -0.204. The molecule has 0 spiro atoms. The molecule has 3 aromatic rings. The molecule has 0 saturated heterocycles. The number of fused-ring (bicyclic) bond motifs is 1. The second-order valence-corrected chi connectivity index (χ2v) is 6.92. The summed E-state index contributed by atoms with van der Waals surface area (Å²) in [7, 11) is 1.77. The van der Waals surface area contributed by atoms with Crippen molar-refractivity contribution in [1.29, 1.82) is 0 Å². The summed E-state index contributed by atoms with van der Waals surface area (Å²) in [5.41, 5.74) is 3.68. The van der Waals surface area contributed by atoms with Crippen LogP contribution in [0.3, 0.4) is 0 Å². The second kappa shape index (κ2) is 6.20. The van der Waals surface area contributed by atoms with Crippen LogP contribution in [0.25, 0.3) is 5.65 Å². The summed E-state index contributed by atoms with van der Waals surface area (Å²) in [4.78, 5) is 34.5. The smallest absolute Gasteiger partial charge is 0.266 e. The number of carbonyl (C=O) groups excluding carboxylic acids is 1. The minimum Gasteiger partial charge on any atom is -0.340 e. The average molecular weight is 345 g/mol. The molecule has 24 heavy (non-hydrogen) atoms. The van der Waals surface area contributed by atoms with Gasteiger partial charge in [-0.25, -0.2) is 14.5 Å². The number of H-pyrrole nitrogens is 1. The minimum absolute atomic E-state index is 0.0116. The second-order valence-electron chi connectivity index (χ2n) is 5.86. The molecule has 0 saturated carbocycles. The van der Waals surface area contributed by atoms with Crippen molar-refractivity contribution in [3.05, 3.63) is 49.5 Å². The largest absolute Gasteiger partial charge is 0.340 e. The summed E-state index contributed by atoms with van der Waals surface area (Å²) in [6.07, 6.45) is 0.237. The summed E-state index contributed by atoms with van der Waals surface area (Å²) in [6.45, 7) is 6.17. The number of nitrogens with one attached hydrogen (secondary N) is 1. The molecule has 0 aromatic carbocycles. The van der Waals surface area contributed by atoms with Crippen LogP contribution in [-0.2, 0) is 17.8 Å². The first kappa shape index (κ1) is 16.4. The molecule has 7 nitrogen and oxygen atoms in total. The Hall–Kier alpha value is -2.48. The van der Waals surface area contributed by atoms with Crippen LogP contribution in [0, 0.1) is 20.8 Å².